The van der Waals surface area contributed by atoms with Crippen LogP contribution in [0, 0.1) is 0 Å². The van der Waals surface area contributed by atoms with E-state index in [2.05, 4.69) is 4.98 Å². The Morgan fingerprint density at radius 3 is 2.33 bits per heavy atom. The minimum Gasteiger partial charge on any atom is -0.299 e. The molecule has 0 spiro atoms. The van der Waals surface area contributed by atoms with Gasteiger partial charge in [-0.3, -0.25) is 14.6 Å². The molecule has 0 saturated carbocycles. The summed E-state index contributed by atoms with van der Waals surface area (Å²) in [5.41, 5.74) is 1.18. The Hall–Kier alpha value is -2.29. The lowest BCUT2D eigenvalue weighted by atomic mass is 9.88. The summed E-state index contributed by atoms with van der Waals surface area (Å²) in [5, 5.41) is 0. The fourth-order valence-corrected chi connectivity index (χ4v) is 1.89. The number of aromatic nitrogens is 1. The monoisotopic (exact) mass is 239 g/mol. The van der Waals surface area contributed by atoms with E-state index in [-0.39, 0.29) is 11.6 Å². The number of carbonyl (C=O) groups is 2. The van der Waals surface area contributed by atoms with Crippen molar-refractivity contribution >= 4 is 11.6 Å². The van der Waals surface area contributed by atoms with Gasteiger partial charge in [0.1, 0.15) is 11.7 Å². The molecule has 0 aliphatic rings. The van der Waals surface area contributed by atoms with Crippen LogP contribution in [-0.2, 0) is 4.79 Å². The van der Waals surface area contributed by atoms with Crippen molar-refractivity contribution in [3.05, 3.63) is 66.0 Å². The molecule has 18 heavy (non-hydrogen) atoms. The summed E-state index contributed by atoms with van der Waals surface area (Å²) in [7, 11) is 0. The first-order valence-electron chi connectivity index (χ1n) is 5.70. The summed E-state index contributed by atoms with van der Waals surface area (Å²) in [6.07, 6.45) is 3.09. The molecule has 3 nitrogen and oxygen atoms in total. The van der Waals surface area contributed by atoms with Gasteiger partial charge in [-0.2, -0.15) is 0 Å². The topological polar surface area (TPSA) is 47.0 Å². The molecule has 2 aromatic rings. The summed E-state index contributed by atoms with van der Waals surface area (Å²) in [4.78, 5) is 28.0. The quantitative estimate of drug-likeness (QED) is 0.608. The highest BCUT2D eigenvalue weighted by atomic mass is 16.1. The lowest BCUT2D eigenvalue weighted by Gasteiger charge is -2.12. The van der Waals surface area contributed by atoms with Crippen LogP contribution in [0.25, 0.3) is 0 Å². The van der Waals surface area contributed by atoms with Crippen LogP contribution in [0.1, 0.15) is 28.8 Å². The summed E-state index contributed by atoms with van der Waals surface area (Å²) in [6, 6.07) is 12.4. The van der Waals surface area contributed by atoms with E-state index in [9.17, 15) is 9.59 Å². The lowest BCUT2D eigenvalue weighted by molar-refractivity contribution is -0.117. The van der Waals surface area contributed by atoms with E-state index in [0.29, 0.717) is 5.56 Å². The van der Waals surface area contributed by atoms with E-state index >= 15 is 0 Å². The van der Waals surface area contributed by atoms with Crippen molar-refractivity contribution < 1.29 is 9.59 Å². The third-order valence-corrected chi connectivity index (χ3v) is 2.75. The largest absolute Gasteiger partial charge is 0.299 e. The predicted molar refractivity (Wildman–Crippen MR) is 68.4 cm³/mol. The number of benzene rings is 1. The number of ketones is 2. The highest BCUT2D eigenvalue weighted by Crippen LogP contribution is 2.21. The minimum atomic E-state index is -0.740. The zero-order valence-corrected chi connectivity index (χ0v) is 10.0. The molecule has 0 amide bonds. The summed E-state index contributed by atoms with van der Waals surface area (Å²) >= 11 is 0. The maximum Gasteiger partial charge on any atom is 0.179 e. The zero-order chi connectivity index (χ0) is 13.0. The van der Waals surface area contributed by atoms with Crippen LogP contribution in [0.15, 0.2) is 54.9 Å². The second-order valence-electron chi connectivity index (χ2n) is 4.06. The molecule has 1 aromatic carbocycles. The average molecular weight is 239 g/mol. The standard InChI is InChI=1S/C15H13NO2/c1-11(17)14(12-6-3-2-4-7-12)15(18)13-8-5-9-16-10-13/h2-10,14H,1H3. The smallest absolute Gasteiger partial charge is 0.179 e. The van der Waals surface area contributed by atoms with Gasteiger partial charge >= 0.3 is 0 Å². The molecule has 0 fully saturated rings. The van der Waals surface area contributed by atoms with Gasteiger partial charge in [-0.1, -0.05) is 30.3 Å². The highest BCUT2D eigenvalue weighted by Gasteiger charge is 2.26. The number of rotatable bonds is 4. The molecule has 0 saturated heterocycles. The van der Waals surface area contributed by atoms with Crippen molar-refractivity contribution in [2.24, 2.45) is 0 Å². The van der Waals surface area contributed by atoms with Crippen LogP contribution >= 0.6 is 0 Å². The molecule has 1 heterocycles. The number of nitrogens with zero attached hydrogens (tertiary/aromatic N) is 1. The second kappa shape index (κ2) is 5.36. The maximum absolute atomic E-state index is 12.3. The van der Waals surface area contributed by atoms with E-state index in [1.807, 2.05) is 18.2 Å². The van der Waals surface area contributed by atoms with Gasteiger partial charge in [0, 0.05) is 18.0 Å². The second-order valence-corrected chi connectivity index (χ2v) is 4.06. The summed E-state index contributed by atoms with van der Waals surface area (Å²) in [5.74, 6) is -1.10. The molecule has 3 heteroatoms. The van der Waals surface area contributed by atoms with Gasteiger partial charge < -0.3 is 0 Å². The Morgan fingerprint density at radius 2 is 1.78 bits per heavy atom. The molecule has 90 valence electrons. The molecule has 0 radical (unpaired) electrons. The molecule has 0 aliphatic heterocycles. The van der Waals surface area contributed by atoms with Crippen LogP contribution in [0.3, 0.4) is 0 Å². The average Bonchev–Trinajstić information content (AvgIpc) is 2.40. The Bertz CT molecular complexity index is 549. The Labute approximate surface area is 105 Å². The predicted octanol–water partition coefficient (Wildman–Crippen LogP) is 2.64. The number of carbonyl (C=O) groups excluding carboxylic acids is 2. The van der Waals surface area contributed by atoms with Crippen molar-refractivity contribution in [3.8, 4) is 0 Å². The molecule has 1 unspecified atom stereocenters. The highest BCUT2D eigenvalue weighted by molar-refractivity contribution is 6.14. The lowest BCUT2D eigenvalue weighted by Crippen LogP contribution is -2.20. The summed E-state index contributed by atoms with van der Waals surface area (Å²) in [6.45, 7) is 1.44. The molecule has 1 aromatic heterocycles. The van der Waals surface area contributed by atoms with Crippen molar-refractivity contribution in [2.45, 2.75) is 12.8 Å². The minimum absolute atomic E-state index is 0.157. The van der Waals surface area contributed by atoms with E-state index < -0.39 is 5.92 Å². The molecular weight excluding hydrogens is 226 g/mol. The van der Waals surface area contributed by atoms with E-state index in [0.717, 1.165) is 5.56 Å². The van der Waals surface area contributed by atoms with Gasteiger partial charge in [0.05, 0.1) is 0 Å². The summed E-state index contributed by atoms with van der Waals surface area (Å²) < 4.78 is 0. The van der Waals surface area contributed by atoms with E-state index in [1.54, 1.807) is 30.5 Å². The molecule has 0 aliphatic carbocycles. The van der Waals surface area contributed by atoms with Gasteiger partial charge in [-0.25, -0.2) is 0 Å². The Morgan fingerprint density at radius 1 is 1.06 bits per heavy atom. The number of hydrogen-bond acceptors (Lipinski definition) is 3. The van der Waals surface area contributed by atoms with Crippen LogP contribution < -0.4 is 0 Å². The fourth-order valence-electron chi connectivity index (χ4n) is 1.89. The molecular formula is C15H13NO2. The number of hydrogen-bond donors (Lipinski definition) is 0. The maximum atomic E-state index is 12.3. The van der Waals surface area contributed by atoms with Crippen LogP contribution in [-0.4, -0.2) is 16.6 Å². The van der Waals surface area contributed by atoms with Crippen LogP contribution in [0.4, 0.5) is 0 Å². The van der Waals surface area contributed by atoms with E-state index in [1.165, 1.54) is 13.1 Å². The van der Waals surface area contributed by atoms with Crippen LogP contribution in [0.5, 0.6) is 0 Å². The Balaban J connectivity index is 2.39. The first kappa shape index (κ1) is 12.2. The van der Waals surface area contributed by atoms with Gasteiger partial charge in [0.15, 0.2) is 5.78 Å². The SMILES string of the molecule is CC(=O)C(C(=O)c1cccnc1)c1ccccc1. The molecule has 0 bridgehead atoms. The van der Waals surface area contributed by atoms with Crippen molar-refractivity contribution in [3.63, 3.8) is 0 Å². The van der Waals surface area contributed by atoms with Crippen molar-refractivity contribution in [1.29, 1.82) is 0 Å². The molecule has 1 atom stereocenters. The zero-order valence-electron chi connectivity index (χ0n) is 10.0. The third-order valence-electron chi connectivity index (χ3n) is 2.75. The van der Waals surface area contributed by atoms with Crippen molar-refractivity contribution in [2.75, 3.05) is 0 Å². The first-order valence-corrected chi connectivity index (χ1v) is 5.70. The molecule has 0 N–H and O–H groups in total. The van der Waals surface area contributed by atoms with Gasteiger partial charge in [-0.05, 0) is 24.6 Å². The van der Waals surface area contributed by atoms with Gasteiger partial charge in [0.25, 0.3) is 0 Å². The van der Waals surface area contributed by atoms with Crippen LogP contribution in [0.2, 0.25) is 0 Å². The fraction of sp³-hybridized carbons (Fsp3) is 0.133. The number of pyridine rings is 1. The first-order chi connectivity index (χ1) is 8.70. The number of Topliss-reactive ketones (excluding diaryl/α,β-unsaturated/α-hetero) is 2. The van der Waals surface area contributed by atoms with Gasteiger partial charge in [0.2, 0.25) is 0 Å². The van der Waals surface area contributed by atoms with E-state index in [4.69, 9.17) is 0 Å². The Kier molecular flexibility index (Phi) is 3.63. The van der Waals surface area contributed by atoms with Gasteiger partial charge in [-0.15, -0.1) is 0 Å². The molecule has 2 rings (SSSR count). The normalized spacial score (nSPS) is 11.8. The third kappa shape index (κ3) is 2.51. The van der Waals surface area contributed by atoms with Crippen molar-refractivity contribution in [1.82, 2.24) is 4.98 Å².